The lowest BCUT2D eigenvalue weighted by Crippen LogP contribution is -2.26. The summed E-state index contributed by atoms with van der Waals surface area (Å²) in [6, 6.07) is 5.99. The van der Waals surface area contributed by atoms with Crippen LogP contribution in [0.15, 0.2) is 18.2 Å². The van der Waals surface area contributed by atoms with Crippen LogP contribution in [0.25, 0.3) is 0 Å². The molecule has 0 saturated heterocycles. The molecule has 1 amide bonds. The highest BCUT2D eigenvalue weighted by molar-refractivity contribution is 7.13. The van der Waals surface area contributed by atoms with Gasteiger partial charge in [0.15, 0.2) is 0 Å². The minimum absolute atomic E-state index is 0.0881. The van der Waals surface area contributed by atoms with Gasteiger partial charge in [0.2, 0.25) is 5.01 Å². The van der Waals surface area contributed by atoms with Gasteiger partial charge in [-0.2, -0.15) is 0 Å². The van der Waals surface area contributed by atoms with Gasteiger partial charge in [-0.25, -0.2) is 0 Å². The highest BCUT2D eigenvalue weighted by Gasteiger charge is 2.24. The van der Waals surface area contributed by atoms with Crippen molar-refractivity contribution in [2.24, 2.45) is 0 Å². The van der Waals surface area contributed by atoms with Crippen LogP contribution in [-0.4, -0.2) is 23.2 Å². The second-order valence-corrected chi connectivity index (χ2v) is 7.27. The van der Waals surface area contributed by atoms with E-state index in [1.807, 2.05) is 25.1 Å². The lowest BCUT2D eigenvalue weighted by Gasteiger charge is -2.17. The van der Waals surface area contributed by atoms with Crippen molar-refractivity contribution in [3.63, 3.8) is 0 Å². The number of aryl methyl sites for hydroxylation is 2. The third-order valence-electron chi connectivity index (χ3n) is 3.43. The zero-order valence-electron chi connectivity index (χ0n) is 13.4. The van der Waals surface area contributed by atoms with Crippen LogP contribution in [0.2, 0.25) is 0 Å². The monoisotopic (exact) mass is 303 g/mol. The number of carbonyl (C=O) groups excluding carboxylic acids is 1. The highest BCUT2D eigenvalue weighted by Crippen LogP contribution is 2.27. The molecule has 5 heteroatoms. The van der Waals surface area contributed by atoms with Gasteiger partial charge >= 0.3 is 0 Å². The molecule has 0 N–H and O–H groups in total. The number of carbonyl (C=O) groups is 1. The molecule has 21 heavy (non-hydrogen) atoms. The first kappa shape index (κ1) is 15.6. The standard InChI is InChI=1S/C16H21N3OS/c1-10-7-8-12(9-11(10)2)19(6)14(20)13-17-18-15(21-13)16(3,4)5/h7-9H,1-6H3. The van der Waals surface area contributed by atoms with Crippen molar-refractivity contribution in [1.29, 1.82) is 0 Å². The van der Waals surface area contributed by atoms with Crippen LogP contribution >= 0.6 is 11.3 Å². The van der Waals surface area contributed by atoms with Crippen LogP contribution < -0.4 is 4.90 Å². The Labute approximate surface area is 129 Å². The van der Waals surface area contributed by atoms with Crippen molar-refractivity contribution in [2.45, 2.75) is 40.0 Å². The number of nitrogens with zero attached hydrogens (tertiary/aromatic N) is 3. The molecule has 2 rings (SSSR count). The van der Waals surface area contributed by atoms with Gasteiger partial charge in [0.1, 0.15) is 5.01 Å². The maximum Gasteiger partial charge on any atom is 0.288 e. The van der Waals surface area contributed by atoms with E-state index in [2.05, 4.69) is 37.9 Å². The second kappa shape index (κ2) is 5.56. The minimum atomic E-state index is -0.119. The Morgan fingerprint density at radius 1 is 1.14 bits per heavy atom. The number of hydrogen-bond acceptors (Lipinski definition) is 4. The van der Waals surface area contributed by atoms with E-state index in [9.17, 15) is 4.79 Å². The van der Waals surface area contributed by atoms with Crippen LogP contribution in [0.4, 0.5) is 5.69 Å². The summed E-state index contributed by atoms with van der Waals surface area (Å²) in [5, 5.41) is 9.49. The first-order chi connectivity index (χ1) is 9.70. The quantitative estimate of drug-likeness (QED) is 0.849. The Morgan fingerprint density at radius 2 is 1.81 bits per heavy atom. The van der Waals surface area contributed by atoms with E-state index in [1.54, 1.807) is 11.9 Å². The van der Waals surface area contributed by atoms with E-state index in [-0.39, 0.29) is 11.3 Å². The van der Waals surface area contributed by atoms with Gasteiger partial charge in [-0.15, -0.1) is 10.2 Å². The Balaban J connectivity index is 2.26. The summed E-state index contributed by atoms with van der Waals surface area (Å²) in [5.41, 5.74) is 3.16. The van der Waals surface area contributed by atoms with Gasteiger partial charge in [-0.1, -0.05) is 38.2 Å². The van der Waals surface area contributed by atoms with Gasteiger partial charge in [0.25, 0.3) is 5.91 Å². The van der Waals surface area contributed by atoms with E-state index in [4.69, 9.17) is 0 Å². The maximum atomic E-state index is 12.5. The van der Waals surface area contributed by atoms with Crippen molar-refractivity contribution in [2.75, 3.05) is 11.9 Å². The molecule has 0 atom stereocenters. The van der Waals surface area contributed by atoms with Gasteiger partial charge in [-0.05, 0) is 37.1 Å². The Morgan fingerprint density at radius 3 is 2.33 bits per heavy atom. The summed E-state index contributed by atoms with van der Waals surface area (Å²) < 4.78 is 0. The van der Waals surface area contributed by atoms with E-state index in [0.717, 1.165) is 10.7 Å². The molecule has 0 fully saturated rings. The Hall–Kier alpha value is -1.75. The van der Waals surface area contributed by atoms with E-state index >= 15 is 0 Å². The molecule has 0 spiro atoms. The SMILES string of the molecule is Cc1ccc(N(C)C(=O)c2nnc(C(C)(C)C)s2)cc1C. The predicted molar refractivity (Wildman–Crippen MR) is 87.3 cm³/mol. The van der Waals surface area contributed by atoms with Crippen LogP contribution in [-0.2, 0) is 5.41 Å². The highest BCUT2D eigenvalue weighted by atomic mass is 32.1. The lowest BCUT2D eigenvalue weighted by atomic mass is 9.98. The molecule has 0 unspecified atom stereocenters. The number of anilines is 1. The van der Waals surface area contributed by atoms with E-state index in [0.29, 0.717) is 5.01 Å². The average molecular weight is 303 g/mol. The van der Waals surface area contributed by atoms with Crippen LogP contribution in [0.1, 0.15) is 46.7 Å². The summed E-state index contributed by atoms with van der Waals surface area (Å²) in [4.78, 5) is 14.1. The zero-order chi connectivity index (χ0) is 15.8. The number of benzene rings is 1. The first-order valence-corrected chi connectivity index (χ1v) is 7.71. The third-order valence-corrected chi connectivity index (χ3v) is 4.77. The Kier molecular flexibility index (Phi) is 4.14. The second-order valence-electron chi connectivity index (χ2n) is 6.30. The fourth-order valence-corrected chi connectivity index (χ4v) is 2.68. The third kappa shape index (κ3) is 3.29. The van der Waals surface area contributed by atoms with Crippen molar-refractivity contribution in [1.82, 2.24) is 10.2 Å². The van der Waals surface area contributed by atoms with Crippen LogP contribution in [0.5, 0.6) is 0 Å². The normalized spacial score (nSPS) is 11.5. The lowest BCUT2D eigenvalue weighted by molar-refractivity contribution is 0.0992. The maximum absolute atomic E-state index is 12.5. The minimum Gasteiger partial charge on any atom is -0.309 e. The van der Waals surface area contributed by atoms with Crippen LogP contribution in [0.3, 0.4) is 0 Å². The topological polar surface area (TPSA) is 46.1 Å². The molecule has 4 nitrogen and oxygen atoms in total. The number of rotatable bonds is 2. The predicted octanol–water partition coefficient (Wildman–Crippen LogP) is 3.73. The fourth-order valence-electron chi connectivity index (χ4n) is 1.81. The molecule has 112 valence electrons. The summed E-state index contributed by atoms with van der Waals surface area (Å²) >= 11 is 1.36. The van der Waals surface area contributed by atoms with Crippen molar-refractivity contribution in [3.8, 4) is 0 Å². The van der Waals surface area contributed by atoms with Gasteiger partial charge in [0.05, 0.1) is 0 Å². The molecule has 1 aromatic heterocycles. The van der Waals surface area contributed by atoms with E-state index in [1.165, 1.54) is 22.5 Å². The number of hydrogen-bond donors (Lipinski definition) is 0. The smallest absolute Gasteiger partial charge is 0.288 e. The summed E-state index contributed by atoms with van der Waals surface area (Å²) in [7, 11) is 1.77. The molecular weight excluding hydrogens is 282 g/mol. The fraction of sp³-hybridized carbons (Fsp3) is 0.438. The number of aromatic nitrogens is 2. The molecule has 1 heterocycles. The molecule has 0 bridgehead atoms. The van der Waals surface area contributed by atoms with Crippen molar-refractivity contribution in [3.05, 3.63) is 39.3 Å². The average Bonchev–Trinajstić information content (AvgIpc) is 2.90. The summed E-state index contributed by atoms with van der Waals surface area (Å²) in [5.74, 6) is -0.119. The van der Waals surface area contributed by atoms with Gasteiger partial charge in [-0.3, -0.25) is 4.79 Å². The zero-order valence-corrected chi connectivity index (χ0v) is 14.2. The van der Waals surface area contributed by atoms with Crippen molar-refractivity contribution >= 4 is 22.9 Å². The molecule has 0 aliphatic carbocycles. The molecule has 2 aromatic rings. The van der Waals surface area contributed by atoms with E-state index < -0.39 is 0 Å². The molecule has 0 radical (unpaired) electrons. The summed E-state index contributed by atoms with van der Waals surface area (Å²) in [6.45, 7) is 10.3. The van der Waals surface area contributed by atoms with Crippen LogP contribution in [0, 0.1) is 13.8 Å². The number of amides is 1. The van der Waals surface area contributed by atoms with Gasteiger partial charge in [0, 0.05) is 18.2 Å². The molecule has 1 aromatic carbocycles. The largest absolute Gasteiger partial charge is 0.309 e. The van der Waals surface area contributed by atoms with Crippen molar-refractivity contribution < 1.29 is 4.79 Å². The first-order valence-electron chi connectivity index (χ1n) is 6.89. The molecular formula is C16H21N3OS. The summed E-state index contributed by atoms with van der Waals surface area (Å²) in [6.07, 6.45) is 0. The molecule has 0 aliphatic heterocycles. The Bertz CT molecular complexity index is 670. The molecule has 0 saturated carbocycles. The van der Waals surface area contributed by atoms with Gasteiger partial charge < -0.3 is 4.90 Å². The molecule has 0 aliphatic rings.